The average molecular weight is 237 g/mol. The standard InChI is InChI=1S/C12H23N5/c1-10(2)17(3)9-5-4-7-14-12-15-8-6-11(13)16-12/h6,8,10H,4-5,7,9H2,1-3H3,(H3,13,14,15,16). The molecular weight excluding hydrogens is 214 g/mol. The third kappa shape index (κ3) is 5.49. The normalized spacial score (nSPS) is 11.1. The molecule has 0 aliphatic heterocycles. The fraction of sp³-hybridized carbons (Fsp3) is 0.667. The fourth-order valence-electron chi connectivity index (χ4n) is 1.40. The summed E-state index contributed by atoms with van der Waals surface area (Å²) in [7, 11) is 2.15. The minimum Gasteiger partial charge on any atom is -0.384 e. The number of nitrogens with two attached hydrogens (primary N) is 1. The van der Waals surface area contributed by atoms with Gasteiger partial charge in [0, 0.05) is 18.8 Å². The van der Waals surface area contributed by atoms with Gasteiger partial charge in [-0.25, -0.2) is 4.98 Å². The van der Waals surface area contributed by atoms with Crippen LogP contribution >= 0.6 is 0 Å². The highest BCUT2D eigenvalue weighted by Crippen LogP contribution is 2.02. The van der Waals surface area contributed by atoms with Crippen LogP contribution in [0.4, 0.5) is 11.8 Å². The highest BCUT2D eigenvalue weighted by Gasteiger charge is 2.02. The molecule has 0 bridgehead atoms. The molecule has 0 aliphatic rings. The van der Waals surface area contributed by atoms with Crippen LogP contribution in [0, 0.1) is 0 Å². The Balaban J connectivity index is 2.12. The van der Waals surface area contributed by atoms with Crippen molar-refractivity contribution in [1.82, 2.24) is 14.9 Å². The number of hydrogen-bond donors (Lipinski definition) is 2. The van der Waals surface area contributed by atoms with E-state index < -0.39 is 0 Å². The Morgan fingerprint density at radius 2 is 2.18 bits per heavy atom. The molecule has 1 rings (SSSR count). The fourth-order valence-corrected chi connectivity index (χ4v) is 1.40. The van der Waals surface area contributed by atoms with Crippen LogP contribution < -0.4 is 11.1 Å². The summed E-state index contributed by atoms with van der Waals surface area (Å²) >= 11 is 0. The molecule has 1 aromatic rings. The summed E-state index contributed by atoms with van der Waals surface area (Å²) in [4.78, 5) is 10.5. The maximum atomic E-state index is 5.56. The molecule has 0 fully saturated rings. The summed E-state index contributed by atoms with van der Waals surface area (Å²) < 4.78 is 0. The van der Waals surface area contributed by atoms with Gasteiger partial charge < -0.3 is 16.0 Å². The van der Waals surface area contributed by atoms with E-state index in [2.05, 4.69) is 41.1 Å². The predicted octanol–water partition coefficient (Wildman–Crippen LogP) is 1.59. The van der Waals surface area contributed by atoms with Crippen molar-refractivity contribution in [1.29, 1.82) is 0 Å². The molecule has 0 radical (unpaired) electrons. The van der Waals surface area contributed by atoms with E-state index in [0.29, 0.717) is 17.8 Å². The van der Waals surface area contributed by atoms with Gasteiger partial charge in [-0.2, -0.15) is 4.98 Å². The van der Waals surface area contributed by atoms with Crippen molar-refractivity contribution in [2.75, 3.05) is 31.2 Å². The van der Waals surface area contributed by atoms with Crippen molar-refractivity contribution in [2.45, 2.75) is 32.7 Å². The van der Waals surface area contributed by atoms with Crippen LogP contribution in [0.5, 0.6) is 0 Å². The minimum atomic E-state index is 0.502. The molecule has 0 aliphatic carbocycles. The molecule has 5 heteroatoms. The van der Waals surface area contributed by atoms with Crippen LogP contribution in [0.15, 0.2) is 12.3 Å². The molecule has 0 aromatic carbocycles. The average Bonchev–Trinajstić information content (AvgIpc) is 2.28. The zero-order valence-corrected chi connectivity index (χ0v) is 11.0. The maximum absolute atomic E-state index is 5.56. The largest absolute Gasteiger partial charge is 0.384 e. The van der Waals surface area contributed by atoms with Crippen LogP contribution in [-0.2, 0) is 0 Å². The lowest BCUT2D eigenvalue weighted by molar-refractivity contribution is 0.269. The van der Waals surface area contributed by atoms with Gasteiger partial charge in [-0.05, 0) is 46.3 Å². The monoisotopic (exact) mass is 237 g/mol. The van der Waals surface area contributed by atoms with Crippen molar-refractivity contribution in [3.8, 4) is 0 Å². The van der Waals surface area contributed by atoms with E-state index in [-0.39, 0.29) is 0 Å². The first kappa shape index (κ1) is 13.7. The van der Waals surface area contributed by atoms with Gasteiger partial charge in [-0.1, -0.05) is 0 Å². The molecule has 5 nitrogen and oxygen atoms in total. The van der Waals surface area contributed by atoms with Gasteiger partial charge in [-0.3, -0.25) is 0 Å². The summed E-state index contributed by atoms with van der Waals surface area (Å²) in [5.41, 5.74) is 5.56. The van der Waals surface area contributed by atoms with E-state index in [1.54, 1.807) is 12.3 Å². The lowest BCUT2D eigenvalue weighted by Crippen LogP contribution is -2.27. The molecule has 0 amide bonds. The Hall–Kier alpha value is -1.36. The molecule has 0 unspecified atom stereocenters. The van der Waals surface area contributed by atoms with E-state index in [0.717, 1.165) is 19.5 Å². The van der Waals surface area contributed by atoms with Crippen molar-refractivity contribution in [3.05, 3.63) is 12.3 Å². The molecule has 0 spiro atoms. The first-order chi connectivity index (χ1) is 8.09. The smallest absolute Gasteiger partial charge is 0.224 e. The minimum absolute atomic E-state index is 0.502. The molecule has 1 heterocycles. The lowest BCUT2D eigenvalue weighted by Gasteiger charge is -2.20. The third-order valence-electron chi connectivity index (χ3n) is 2.78. The first-order valence-electron chi connectivity index (χ1n) is 6.12. The Labute approximate surface area is 103 Å². The van der Waals surface area contributed by atoms with Crippen molar-refractivity contribution >= 4 is 11.8 Å². The van der Waals surface area contributed by atoms with E-state index >= 15 is 0 Å². The van der Waals surface area contributed by atoms with Crippen LogP contribution in [0.3, 0.4) is 0 Å². The number of nitrogens with zero attached hydrogens (tertiary/aromatic N) is 3. The predicted molar refractivity (Wildman–Crippen MR) is 71.9 cm³/mol. The molecular formula is C12H23N5. The van der Waals surface area contributed by atoms with Crippen LogP contribution in [0.25, 0.3) is 0 Å². The second-order valence-electron chi connectivity index (χ2n) is 4.51. The second kappa shape index (κ2) is 7.06. The van der Waals surface area contributed by atoms with E-state index in [4.69, 9.17) is 5.73 Å². The van der Waals surface area contributed by atoms with Gasteiger partial charge >= 0.3 is 0 Å². The first-order valence-corrected chi connectivity index (χ1v) is 6.12. The van der Waals surface area contributed by atoms with Crippen LogP contribution in [-0.4, -0.2) is 41.0 Å². The number of nitrogens with one attached hydrogen (secondary N) is 1. The molecule has 0 atom stereocenters. The molecule has 0 saturated carbocycles. The summed E-state index contributed by atoms with van der Waals surface area (Å²) in [6, 6.07) is 2.29. The van der Waals surface area contributed by atoms with Crippen LogP contribution in [0.2, 0.25) is 0 Å². The molecule has 0 saturated heterocycles. The van der Waals surface area contributed by atoms with Crippen molar-refractivity contribution in [3.63, 3.8) is 0 Å². The molecule has 17 heavy (non-hydrogen) atoms. The van der Waals surface area contributed by atoms with Gasteiger partial charge in [0.15, 0.2) is 0 Å². The summed E-state index contributed by atoms with van der Waals surface area (Å²) in [5.74, 6) is 1.12. The Bertz CT molecular complexity index is 326. The van der Waals surface area contributed by atoms with E-state index in [1.807, 2.05) is 0 Å². The van der Waals surface area contributed by atoms with E-state index in [1.165, 1.54) is 6.42 Å². The number of hydrogen-bond acceptors (Lipinski definition) is 5. The zero-order valence-electron chi connectivity index (χ0n) is 11.0. The number of rotatable bonds is 7. The van der Waals surface area contributed by atoms with Gasteiger partial charge in [0.25, 0.3) is 0 Å². The van der Waals surface area contributed by atoms with Gasteiger partial charge in [0.2, 0.25) is 5.95 Å². The Morgan fingerprint density at radius 1 is 1.41 bits per heavy atom. The van der Waals surface area contributed by atoms with Crippen molar-refractivity contribution in [2.24, 2.45) is 0 Å². The Morgan fingerprint density at radius 3 is 2.82 bits per heavy atom. The topological polar surface area (TPSA) is 67.1 Å². The molecule has 1 aromatic heterocycles. The summed E-state index contributed by atoms with van der Waals surface area (Å²) in [6.45, 7) is 6.42. The molecule has 3 N–H and O–H groups in total. The SMILES string of the molecule is CC(C)N(C)CCCCNc1nccc(N)n1. The van der Waals surface area contributed by atoms with E-state index in [9.17, 15) is 0 Å². The van der Waals surface area contributed by atoms with Gasteiger partial charge in [0.1, 0.15) is 5.82 Å². The third-order valence-corrected chi connectivity index (χ3v) is 2.78. The molecule has 96 valence electrons. The highest BCUT2D eigenvalue weighted by molar-refractivity contribution is 5.34. The van der Waals surface area contributed by atoms with Crippen LogP contribution in [0.1, 0.15) is 26.7 Å². The highest BCUT2D eigenvalue weighted by atomic mass is 15.1. The second-order valence-corrected chi connectivity index (χ2v) is 4.51. The summed E-state index contributed by atoms with van der Waals surface area (Å²) in [5, 5.41) is 3.17. The number of unbranched alkanes of at least 4 members (excludes halogenated alkanes) is 1. The number of nitrogen functional groups attached to an aromatic ring is 1. The van der Waals surface area contributed by atoms with Crippen molar-refractivity contribution < 1.29 is 0 Å². The Kier molecular flexibility index (Phi) is 5.69. The van der Waals surface area contributed by atoms with Gasteiger partial charge in [-0.15, -0.1) is 0 Å². The number of aromatic nitrogens is 2. The lowest BCUT2D eigenvalue weighted by atomic mass is 10.2. The number of anilines is 2. The maximum Gasteiger partial charge on any atom is 0.224 e. The summed E-state index contributed by atoms with van der Waals surface area (Å²) in [6.07, 6.45) is 3.94. The zero-order chi connectivity index (χ0) is 12.7. The van der Waals surface area contributed by atoms with Gasteiger partial charge in [0.05, 0.1) is 0 Å². The quantitative estimate of drug-likeness (QED) is 0.705.